The van der Waals surface area contributed by atoms with Gasteiger partial charge in [0.15, 0.2) is 0 Å². The smallest absolute Gasteiger partial charge is 0.410 e. The van der Waals surface area contributed by atoms with Crippen LogP contribution in [0.3, 0.4) is 0 Å². The molecule has 1 atom stereocenters. The molecule has 31 heavy (non-hydrogen) atoms. The number of ether oxygens (including phenoxy) is 1. The van der Waals surface area contributed by atoms with Gasteiger partial charge in [0.25, 0.3) is 0 Å². The van der Waals surface area contributed by atoms with Crippen LogP contribution < -0.4 is 5.73 Å². The molecule has 0 saturated carbocycles. The lowest BCUT2D eigenvalue weighted by molar-refractivity contribution is 0.0159. The lowest BCUT2D eigenvalue weighted by atomic mass is 9.74. The number of hydrogen-bond acceptors (Lipinski definition) is 5. The van der Waals surface area contributed by atoms with Crippen molar-refractivity contribution in [2.75, 3.05) is 13.1 Å². The Hall–Kier alpha value is -2.06. The van der Waals surface area contributed by atoms with Crippen LogP contribution in [-0.2, 0) is 22.5 Å². The highest BCUT2D eigenvalue weighted by atomic mass is 32.2. The normalized spacial score (nSPS) is 20.6. The van der Waals surface area contributed by atoms with Crippen LogP contribution in [0.4, 0.5) is 4.79 Å². The third-order valence-corrected chi connectivity index (χ3v) is 7.15. The van der Waals surface area contributed by atoms with E-state index in [2.05, 4.69) is 0 Å². The number of hydrogen-bond donors (Lipinski definition) is 1. The standard InChI is InChI=1S/C23H33N3O4S/c1-21(2,3)30-20(28)26-11-9-23(10-12-26)14-16-8-7-15(19(24)27)13-17(16)18(23)25-31(29)22(4,5)6/h7-8,13H,9-12,14H2,1-6H3,(H2,24,27). The summed E-state index contributed by atoms with van der Waals surface area (Å²) in [5, 5.41) is 0. The van der Waals surface area contributed by atoms with Crippen LogP contribution in [0, 0.1) is 5.41 Å². The quantitative estimate of drug-likeness (QED) is 0.699. The first-order valence-corrected chi connectivity index (χ1v) is 11.7. The fourth-order valence-electron chi connectivity index (χ4n) is 4.06. The molecule has 0 bridgehead atoms. The van der Waals surface area contributed by atoms with Crippen molar-refractivity contribution in [2.24, 2.45) is 15.5 Å². The number of fused-ring (bicyclic) bond motifs is 1. The number of nitrogens with zero attached hydrogens (tertiary/aromatic N) is 2. The fourth-order valence-corrected chi connectivity index (χ4v) is 4.79. The minimum atomic E-state index is -1.44. The summed E-state index contributed by atoms with van der Waals surface area (Å²) in [5.74, 6) is -0.500. The highest BCUT2D eigenvalue weighted by molar-refractivity contribution is 7.91. The first kappa shape index (κ1) is 23.6. The number of likely N-dealkylation sites (tertiary alicyclic amines) is 1. The Morgan fingerprint density at radius 1 is 1.16 bits per heavy atom. The van der Waals surface area contributed by atoms with Gasteiger partial charge >= 0.3 is 6.09 Å². The Labute approximate surface area is 187 Å². The number of benzene rings is 1. The molecule has 1 spiro atoms. The van der Waals surface area contributed by atoms with Gasteiger partial charge < -0.3 is 19.9 Å². The molecule has 170 valence electrons. The number of amides is 2. The summed E-state index contributed by atoms with van der Waals surface area (Å²) in [6.07, 6.45) is 1.80. The molecule has 8 heteroatoms. The third-order valence-electron chi connectivity index (χ3n) is 5.75. The maximum atomic E-state index is 13.0. The second-order valence-corrected chi connectivity index (χ2v) is 12.4. The minimum absolute atomic E-state index is 0.314. The van der Waals surface area contributed by atoms with Crippen molar-refractivity contribution in [2.45, 2.75) is 71.2 Å². The van der Waals surface area contributed by atoms with E-state index >= 15 is 0 Å². The maximum absolute atomic E-state index is 13.0. The number of carbonyl (C=O) groups is 2. The maximum Gasteiger partial charge on any atom is 0.410 e. The van der Waals surface area contributed by atoms with Crippen molar-refractivity contribution in [3.8, 4) is 0 Å². The summed E-state index contributed by atoms with van der Waals surface area (Å²) in [5.41, 5.74) is 7.73. The van der Waals surface area contributed by atoms with Crippen LogP contribution in [0.1, 0.15) is 75.9 Å². The van der Waals surface area contributed by atoms with E-state index in [0.29, 0.717) is 31.5 Å². The van der Waals surface area contributed by atoms with Gasteiger partial charge in [-0.05, 0) is 78.5 Å². The van der Waals surface area contributed by atoms with E-state index in [4.69, 9.17) is 14.9 Å². The Morgan fingerprint density at radius 3 is 2.29 bits per heavy atom. The highest BCUT2D eigenvalue weighted by Gasteiger charge is 2.48. The second kappa shape index (κ2) is 8.13. The van der Waals surface area contributed by atoms with Crippen molar-refractivity contribution in [3.63, 3.8) is 0 Å². The lowest BCUT2D eigenvalue weighted by Crippen LogP contribution is -2.47. The van der Waals surface area contributed by atoms with Crippen LogP contribution in [0.15, 0.2) is 22.6 Å². The fraction of sp³-hybridized carbons (Fsp3) is 0.609. The molecule has 0 aromatic heterocycles. The zero-order valence-electron chi connectivity index (χ0n) is 19.3. The first-order valence-electron chi connectivity index (χ1n) is 10.6. The van der Waals surface area contributed by atoms with E-state index in [1.807, 2.05) is 47.6 Å². The van der Waals surface area contributed by atoms with Crippen molar-refractivity contribution in [3.05, 3.63) is 34.9 Å². The number of carbonyl (C=O) groups excluding carboxylic acids is 2. The first-order chi connectivity index (χ1) is 14.2. The van der Waals surface area contributed by atoms with Crippen LogP contribution in [0.5, 0.6) is 0 Å². The Kier molecular flexibility index (Phi) is 6.19. The summed E-state index contributed by atoms with van der Waals surface area (Å²) in [7, 11) is 0. The summed E-state index contributed by atoms with van der Waals surface area (Å²) in [6, 6.07) is 5.42. The van der Waals surface area contributed by atoms with Crippen molar-refractivity contribution in [1.29, 1.82) is 0 Å². The van der Waals surface area contributed by atoms with Gasteiger partial charge in [0, 0.05) is 29.6 Å². The number of nitrogens with two attached hydrogens (primary N) is 1. The molecular formula is C23H33N3O4S. The minimum Gasteiger partial charge on any atom is -0.591 e. The highest BCUT2D eigenvalue weighted by Crippen LogP contribution is 2.46. The third kappa shape index (κ3) is 5.06. The van der Waals surface area contributed by atoms with E-state index < -0.39 is 27.6 Å². The molecule has 1 aromatic carbocycles. The molecule has 1 aromatic rings. The molecule has 1 aliphatic heterocycles. The largest absolute Gasteiger partial charge is 0.591 e. The van der Waals surface area contributed by atoms with Gasteiger partial charge in [-0.1, -0.05) is 10.5 Å². The van der Waals surface area contributed by atoms with Crippen molar-refractivity contribution < 1.29 is 18.9 Å². The molecule has 1 aliphatic carbocycles. The zero-order chi connectivity index (χ0) is 23.2. The van der Waals surface area contributed by atoms with E-state index in [0.717, 1.165) is 23.3 Å². The predicted octanol–water partition coefficient (Wildman–Crippen LogP) is 3.61. The molecule has 7 nitrogen and oxygen atoms in total. The predicted molar refractivity (Wildman–Crippen MR) is 123 cm³/mol. The van der Waals surface area contributed by atoms with Gasteiger partial charge in [0.2, 0.25) is 5.91 Å². The monoisotopic (exact) mass is 447 g/mol. The molecule has 1 fully saturated rings. The molecule has 1 heterocycles. The molecular weight excluding hydrogens is 414 g/mol. The molecule has 1 unspecified atom stereocenters. The Bertz CT molecular complexity index is 906. The Balaban J connectivity index is 1.93. The van der Waals surface area contributed by atoms with Gasteiger partial charge in [-0.2, -0.15) is 0 Å². The molecule has 0 radical (unpaired) electrons. The van der Waals surface area contributed by atoms with Gasteiger partial charge in [-0.25, -0.2) is 4.79 Å². The van der Waals surface area contributed by atoms with E-state index in [1.54, 1.807) is 17.0 Å². The van der Waals surface area contributed by atoms with Gasteiger partial charge in [0.1, 0.15) is 27.4 Å². The van der Waals surface area contributed by atoms with Crippen LogP contribution in [-0.4, -0.2) is 50.6 Å². The number of piperidine rings is 1. The average Bonchev–Trinajstić information content (AvgIpc) is 2.92. The number of primary amides is 1. The summed E-state index contributed by atoms with van der Waals surface area (Å²) < 4.78 is 22.7. The van der Waals surface area contributed by atoms with Gasteiger partial charge in [-0.15, -0.1) is 0 Å². The SMILES string of the molecule is CC(C)(C)OC(=O)N1CCC2(CC1)Cc1ccc(C(N)=O)cc1C2=N[S+]([O-])C(C)(C)C. The van der Waals surface area contributed by atoms with Gasteiger partial charge in [0.05, 0.1) is 0 Å². The number of rotatable bonds is 2. The molecule has 1 saturated heterocycles. The van der Waals surface area contributed by atoms with E-state index in [-0.39, 0.29) is 11.5 Å². The summed E-state index contributed by atoms with van der Waals surface area (Å²) in [4.78, 5) is 26.0. The zero-order valence-corrected chi connectivity index (χ0v) is 20.1. The second-order valence-electron chi connectivity index (χ2n) is 10.5. The van der Waals surface area contributed by atoms with Crippen LogP contribution >= 0.6 is 0 Å². The molecule has 2 aliphatic rings. The summed E-state index contributed by atoms with van der Waals surface area (Å²) >= 11 is -1.44. The molecule has 3 rings (SSSR count). The van der Waals surface area contributed by atoms with E-state index in [1.165, 1.54) is 0 Å². The van der Waals surface area contributed by atoms with E-state index in [9.17, 15) is 14.1 Å². The molecule has 2 N–H and O–H groups in total. The lowest BCUT2D eigenvalue weighted by Gasteiger charge is -2.39. The Morgan fingerprint density at radius 2 is 1.77 bits per heavy atom. The topological polar surface area (TPSA) is 108 Å². The molecule has 2 amide bonds. The van der Waals surface area contributed by atoms with Gasteiger partial charge in [-0.3, -0.25) is 4.79 Å². The van der Waals surface area contributed by atoms with Crippen LogP contribution in [0.25, 0.3) is 0 Å². The van der Waals surface area contributed by atoms with Crippen molar-refractivity contribution in [1.82, 2.24) is 4.90 Å². The van der Waals surface area contributed by atoms with Crippen LogP contribution in [0.2, 0.25) is 0 Å². The summed E-state index contributed by atoms with van der Waals surface area (Å²) in [6.45, 7) is 12.3. The average molecular weight is 448 g/mol. The van der Waals surface area contributed by atoms with Crippen molar-refractivity contribution >= 4 is 29.1 Å².